The highest BCUT2D eigenvalue weighted by Gasteiger charge is 2.28. The molecule has 1 atom stereocenters. The first-order valence-electron chi connectivity index (χ1n) is 11.0. The summed E-state index contributed by atoms with van der Waals surface area (Å²) in [6, 6.07) is 4.38. The van der Waals surface area contributed by atoms with Crippen molar-refractivity contribution in [2.75, 3.05) is 55.7 Å². The number of carbonyl (C=O) groups is 1. The Labute approximate surface area is 174 Å². The molecular weight excluding hydrogens is 388 g/mol. The van der Waals surface area contributed by atoms with Crippen LogP contribution in [0.1, 0.15) is 48.9 Å². The van der Waals surface area contributed by atoms with Gasteiger partial charge in [-0.15, -0.1) is 0 Å². The zero-order valence-corrected chi connectivity index (χ0v) is 17.9. The van der Waals surface area contributed by atoms with Crippen LogP contribution in [0.5, 0.6) is 0 Å². The fourth-order valence-corrected chi connectivity index (χ4v) is 5.92. The molecular formula is C21H32N4O3S. The summed E-state index contributed by atoms with van der Waals surface area (Å²) in [6.45, 7) is 4.98. The number of carbonyl (C=O) groups excluding carboxylic acids is 1. The summed E-state index contributed by atoms with van der Waals surface area (Å²) < 4.78 is 23.2. The van der Waals surface area contributed by atoms with Crippen LogP contribution in [-0.4, -0.2) is 85.9 Å². The number of likely N-dealkylation sites (tertiary alicyclic amines) is 1. The molecule has 1 unspecified atom stereocenters. The summed E-state index contributed by atoms with van der Waals surface area (Å²) in [5.41, 5.74) is 0.536. The molecule has 1 aromatic rings. The maximum absolute atomic E-state index is 12.7. The predicted octanol–water partition coefficient (Wildman–Crippen LogP) is 1.80. The van der Waals surface area contributed by atoms with Crippen LogP contribution in [0.3, 0.4) is 0 Å². The van der Waals surface area contributed by atoms with E-state index < -0.39 is 9.84 Å². The minimum Gasteiger partial charge on any atom is -0.355 e. The molecule has 1 aromatic heterocycles. The molecule has 0 aromatic carbocycles. The molecule has 0 N–H and O–H groups in total. The third-order valence-electron chi connectivity index (χ3n) is 6.50. The van der Waals surface area contributed by atoms with Crippen molar-refractivity contribution in [2.24, 2.45) is 0 Å². The summed E-state index contributed by atoms with van der Waals surface area (Å²) in [5.74, 6) is 0.911. The van der Waals surface area contributed by atoms with Crippen molar-refractivity contribution in [3.05, 3.63) is 23.9 Å². The third-order valence-corrected chi connectivity index (χ3v) is 8.11. The Kier molecular flexibility index (Phi) is 6.39. The van der Waals surface area contributed by atoms with Crippen molar-refractivity contribution >= 4 is 21.6 Å². The number of nitrogens with zero attached hydrogens (tertiary/aromatic N) is 4. The molecule has 3 fully saturated rings. The largest absolute Gasteiger partial charge is 0.355 e. The number of aromatic nitrogens is 1. The van der Waals surface area contributed by atoms with Gasteiger partial charge in [-0.1, -0.05) is 12.8 Å². The summed E-state index contributed by atoms with van der Waals surface area (Å²) in [5, 5.41) is 0. The van der Waals surface area contributed by atoms with Gasteiger partial charge in [-0.2, -0.15) is 0 Å². The lowest BCUT2D eigenvalue weighted by atomic mass is 10.0. The van der Waals surface area contributed by atoms with E-state index in [0.717, 1.165) is 18.9 Å². The molecule has 3 saturated heterocycles. The van der Waals surface area contributed by atoms with Crippen LogP contribution in [-0.2, 0) is 9.84 Å². The first-order chi connectivity index (χ1) is 14.0. The number of rotatable bonds is 3. The fourth-order valence-electron chi connectivity index (χ4n) is 4.72. The molecule has 3 aliphatic heterocycles. The van der Waals surface area contributed by atoms with E-state index in [9.17, 15) is 13.2 Å². The van der Waals surface area contributed by atoms with Gasteiger partial charge in [0.2, 0.25) is 0 Å². The summed E-state index contributed by atoms with van der Waals surface area (Å²) >= 11 is 0. The molecule has 4 heterocycles. The van der Waals surface area contributed by atoms with Gasteiger partial charge in [-0.3, -0.25) is 9.69 Å². The molecule has 0 saturated carbocycles. The highest BCUT2D eigenvalue weighted by molar-refractivity contribution is 7.91. The van der Waals surface area contributed by atoms with E-state index >= 15 is 0 Å². The number of amides is 1. The van der Waals surface area contributed by atoms with Crippen LogP contribution in [0.15, 0.2) is 18.3 Å². The van der Waals surface area contributed by atoms with E-state index in [2.05, 4.69) is 14.8 Å². The third kappa shape index (κ3) is 5.09. The first kappa shape index (κ1) is 20.6. The zero-order chi connectivity index (χ0) is 20.3. The lowest BCUT2D eigenvalue weighted by molar-refractivity contribution is 0.0770. The van der Waals surface area contributed by atoms with Gasteiger partial charge in [0.1, 0.15) is 5.82 Å². The van der Waals surface area contributed by atoms with Crippen LogP contribution < -0.4 is 4.90 Å². The average Bonchev–Trinajstić information content (AvgIpc) is 3.03. The summed E-state index contributed by atoms with van der Waals surface area (Å²) in [6.07, 6.45) is 9.40. The van der Waals surface area contributed by atoms with Crippen molar-refractivity contribution < 1.29 is 13.2 Å². The van der Waals surface area contributed by atoms with E-state index in [0.29, 0.717) is 11.6 Å². The second-order valence-electron chi connectivity index (χ2n) is 8.54. The van der Waals surface area contributed by atoms with E-state index in [1.165, 1.54) is 51.6 Å². The molecule has 0 aliphatic carbocycles. The lowest BCUT2D eigenvalue weighted by Gasteiger charge is -2.39. The quantitative estimate of drug-likeness (QED) is 0.742. The number of piperidine rings is 1. The molecule has 4 rings (SSSR count). The molecule has 7 nitrogen and oxygen atoms in total. The number of hydrogen-bond donors (Lipinski definition) is 0. The fraction of sp³-hybridized carbons (Fsp3) is 0.714. The van der Waals surface area contributed by atoms with Gasteiger partial charge >= 0.3 is 0 Å². The molecule has 1 amide bonds. The van der Waals surface area contributed by atoms with Crippen LogP contribution in [0.4, 0.5) is 5.82 Å². The van der Waals surface area contributed by atoms with Gasteiger partial charge in [0.05, 0.1) is 17.1 Å². The van der Waals surface area contributed by atoms with Crippen molar-refractivity contribution in [1.29, 1.82) is 0 Å². The van der Waals surface area contributed by atoms with Gasteiger partial charge in [0, 0.05) is 38.4 Å². The van der Waals surface area contributed by atoms with E-state index in [-0.39, 0.29) is 30.5 Å². The Morgan fingerprint density at radius 2 is 1.66 bits per heavy atom. The van der Waals surface area contributed by atoms with Gasteiger partial charge in [-0.25, -0.2) is 13.4 Å². The Bertz CT molecular complexity index is 790. The highest BCUT2D eigenvalue weighted by Crippen LogP contribution is 2.23. The SMILES string of the molecule is O=C(c1ccc(N2CCCC(N3CCCCCC3)C2)nc1)N1CCS(=O)(=O)CC1. The standard InChI is InChI=1S/C21H32N4O3S/c26-21(24-12-14-29(27,28)15-13-24)18-7-8-20(22-16-18)25-11-5-6-19(17-25)23-9-3-1-2-4-10-23/h7-8,16,19H,1-6,9-15,17H2. The van der Waals surface area contributed by atoms with Gasteiger partial charge in [0.25, 0.3) is 5.91 Å². The Hall–Kier alpha value is -1.67. The lowest BCUT2D eigenvalue weighted by Crippen LogP contribution is -2.48. The van der Waals surface area contributed by atoms with Crippen LogP contribution in [0.2, 0.25) is 0 Å². The summed E-state index contributed by atoms with van der Waals surface area (Å²) in [4.78, 5) is 23.9. The van der Waals surface area contributed by atoms with Gasteiger partial charge in [0.15, 0.2) is 9.84 Å². The number of hydrogen-bond acceptors (Lipinski definition) is 6. The Morgan fingerprint density at radius 1 is 0.931 bits per heavy atom. The molecule has 0 spiro atoms. The van der Waals surface area contributed by atoms with Gasteiger partial charge < -0.3 is 9.80 Å². The van der Waals surface area contributed by atoms with Crippen LogP contribution >= 0.6 is 0 Å². The minimum absolute atomic E-state index is 0.0515. The van der Waals surface area contributed by atoms with Crippen LogP contribution in [0.25, 0.3) is 0 Å². The predicted molar refractivity (Wildman–Crippen MR) is 114 cm³/mol. The highest BCUT2D eigenvalue weighted by atomic mass is 32.2. The minimum atomic E-state index is -2.99. The second kappa shape index (κ2) is 9.00. The van der Waals surface area contributed by atoms with E-state index in [1.54, 1.807) is 11.1 Å². The Morgan fingerprint density at radius 3 is 2.31 bits per heavy atom. The zero-order valence-electron chi connectivity index (χ0n) is 17.1. The van der Waals surface area contributed by atoms with Crippen LogP contribution in [0, 0.1) is 0 Å². The molecule has 0 bridgehead atoms. The second-order valence-corrected chi connectivity index (χ2v) is 10.8. The maximum atomic E-state index is 12.7. The molecule has 160 valence electrons. The van der Waals surface area contributed by atoms with Crippen molar-refractivity contribution in [3.63, 3.8) is 0 Å². The van der Waals surface area contributed by atoms with Gasteiger partial charge in [-0.05, 0) is 50.9 Å². The molecule has 3 aliphatic rings. The molecule has 29 heavy (non-hydrogen) atoms. The number of pyridine rings is 1. The van der Waals surface area contributed by atoms with Crippen molar-refractivity contribution in [2.45, 2.75) is 44.6 Å². The Balaban J connectivity index is 1.37. The normalized spacial score (nSPS) is 26.1. The monoisotopic (exact) mass is 420 g/mol. The first-order valence-corrected chi connectivity index (χ1v) is 12.8. The molecule has 0 radical (unpaired) electrons. The van der Waals surface area contributed by atoms with Crippen molar-refractivity contribution in [3.8, 4) is 0 Å². The maximum Gasteiger partial charge on any atom is 0.255 e. The van der Waals surface area contributed by atoms with E-state index in [4.69, 9.17) is 0 Å². The number of sulfone groups is 1. The topological polar surface area (TPSA) is 73.8 Å². The number of anilines is 1. The smallest absolute Gasteiger partial charge is 0.255 e. The molecule has 8 heteroatoms. The average molecular weight is 421 g/mol. The van der Waals surface area contributed by atoms with Crippen molar-refractivity contribution in [1.82, 2.24) is 14.8 Å². The summed E-state index contributed by atoms with van der Waals surface area (Å²) in [7, 11) is -2.99. The van der Waals surface area contributed by atoms with E-state index in [1.807, 2.05) is 12.1 Å².